The van der Waals surface area contributed by atoms with Gasteiger partial charge in [-0.15, -0.1) is 0 Å². The molecule has 0 fully saturated rings. The third-order valence-corrected chi connectivity index (χ3v) is 2.68. The molecule has 3 N–H and O–H groups in total. The molecule has 0 saturated heterocycles. The van der Waals surface area contributed by atoms with E-state index in [0.717, 1.165) is 16.6 Å². The second-order valence-electron chi connectivity index (χ2n) is 4.10. The van der Waals surface area contributed by atoms with Gasteiger partial charge >= 0.3 is 0 Å². The lowest BCUT2D eigenvalue weighted by atomic mass is 10.00. The van der Waals surface area contributed by atoms with Gasteiger partial charge < -0.3 is 10.7 Å². The molecule has 0 amide bonds. The molecule has 1 unspecified atom stereocenters. The number of rotatable bonds is 4. The molecule has 2 rings (SSSR count). The van der Waals surface area contributed by atoms with Crippen LogP contribution in [0.4, 0.5) is 0 Å². The molecule has 1 aromatic carbocycles. The molecule has 2 aromatic rings. The average Bonchev–Trinajstić information content (AvgIpc) is 2.75. The largest absolute Gasteiger partial charge is 0.345 e. The summed E-state index contributed by atoms with van der Waals surface area (Å²) in [5, 5.41) is 0. The van der Waals surface area contributed by atoms with Crippen LogP contribution in [0.1, 0.15) is 23.7 Å². The Balaban J connectivity index is 2.22. The third kappa shape index (κ3) is 2.12. The molecule has 0 bridgehead atoms. The van der Waals surface area contributed by atoms with E-state index in [1.54, 1.807) is 6.33 Å². The number of benzene rings is 1. The predicted octanol–water partition coefficient (Wildman–Crippen LogP) is 1.73. The maximum atomic E-state index is 11.9. The van der Waals surface area contributed by atoms with E-state index < -0.39 is 0 Å². The number of nitrogens with two attached hydrogens (primary N) is 1. The monoisotopic (exact) mass is 217 g/mol. The minimum atomic E-state index is 0.134. The Labute approximate surface area is 93.9 Å². The number of nitrogens with one attached hydrogen (secondary N) is 1. The molecule has 84 valence electrons. The Kier molecular flexibility index (Phi) is 3.01. The Hall–Kier alpha value is -1.68. The summed E-state index contributed by atoms with van der Waals surface area (Å²) in [6.07, 6.45) is 2.12. The summed E-state index contributed by atoms with van der Waals surface area (Å²) in [6, 6.07) is 5.51. The van der Waals surface area contributed by atoms with Crippen LogP contribution >= 0.6 is 0 Å². The maximum absolute atomic E-state index is 11.9. The standard InChI is InChI=1S/C12H15N3O/c1-8(6-13)4-12(16)9-2-3-10-11(5-9)15-7-14-10/h2-3,5,7-8H,4,6,13H2,1H3,(H,14,15). The van der Waals surface area contributed by atoms with Crippen molar-refractivity contribution in [1.82, 2.24) is 9.97 Å². The number of imidazole rings is 1. The number of aromatic amines is 1. The Bertz CT molecular complexity index is 504. The number of carbonyl (C=O) groups excluding carboxylic acids is 1. The summed E-state index contributed by atoms with van der Waals surface area (Å²) in [6.45, 7) is 2.52. The summed E-state index contributed by atoms with van der Waals surface area (Å²) in [7, 11) is 0. The number of hydrogen-bond donors (Lipinski definition) is 2. The van der Waals surface area contributed by atoms with Gasteiger partial charge in [0.15, 0.2) is 5.78 Å². The fraction of sp³-hybridized carbons (Fsp3) is 0.333. The van der Waals surface area contributed by atoms with E-state index in [-0.39, 0.29) is 11.7 Å². The molecular weight excluding hydrogens is 202 g/mol. The van der Waals surface area contributed by atoms with Crippen molar-refractivity contribution in [2.75, 3.05) is 6.54 Å². The molecule has 0 spiro atoms. The van der Waals surface area contributed by atoms with E-state index in [0.29, 0.717) is 13.0 Å². The summed E-state index contributed by atoms with van der Waals surface area (Å²) < 4.78 is 0. The molecule has 1 aromatic heterocycles. The van der Waals surface area contributed by atoms with Crippen molar-refractivity contribution in [2.45, 2.75) is 13.3 Å². The van der Waals surface area contributed by atoms with Crippen molar-refractivity contribution in [3.05, 3.63) is 30.1 Å². The second-order valence-corrected chi connectivity index (χ2v) is 4.10. The highest BCUT2D eigenvalue weighted by Gasteiger charge is 2.11. The molecule has 1 heterocycles. The Morgan fingerprint density at radius 1 is 1.56 bits per heavy atom. The van der Waals surface area contributed by atoms with Crippen LogP contribution in [0.25, 0.3) is 11.0 Å². The van der Waals surface area contributed by atoms with E-state index in [4.69, 9.17) is 5.73 Å². The summed E-state index contributed by atoms with van der Waals surface area (Å²) in [4.78, 5) is 19.0. The van der Waals surface area contributed by atoms with E-state index in [2.05, 4.69) is 9.97 Å². The summed E-state index contributed by atoms with van der Waals surface area (Å²) >= 11 is 0. The van der Waals surface area contributed by atoms with E-state index in [1.807, 2.05) is 25.1 Å². The van der Waals surface area contributed by atoms with Crippen LogP contribution < -0.4 is 5.73 Å². The van der Waals surface area contributed by atoms with Gasteiger partial charge in [-0.3, -0.25) is 4.79 Å². The third-order valence-electron chi connectivity index (χ3n) is 2.68. The van der Waals surface area contributed by atoms with Crippen molar-refractivity contribution in [2.24, 2.45) is 11.7 Å². The first-order valence-corrected chi connectivity index (χ1v) is 5.37. The molecule has 4 heteroatoms. The molecule has 0 aliphatic rings. The summed E-state index contributed by atoms with van der Waals surface area (Å²) in [5.41, 5.74) is 8.00. The molecular formula is C12H15N3O. The molecule has 0 radical (unpaired) electrons. The van der Waals surface area contributed by atoms with Gasteiger partial charge in [-0.05, 0) is 30.7 Å². The van der Waals surface area contributed by atoms with Crippen LogP contribution in [0.3, 0.4) is 0 Å². The second kappa shape index (κ2) is 4.45. The molecule has 0 aliphatic heterocycles. The highest BCUT2D eigenvalue weighted by atomic mass is 16.1. The minimum absolute atomic E-state index is 0.134. The molecule has 0 saturated carbocycles. The zero-order valence-corrected chi connectivity index (χ0v) is 9.23. The van der Waals surface area contributed by atoms with Crippen molar-refractivity contribution in [1.29, 1.82) is 0 Å². The first-order chi connectivity index (χ1) is 7.70. The lowest BCUT2D eigenvalue weighted by Crippen LogP contribution is -2.15. The molecule has 0 aliphatic carbocycles. The van der Waals surface area contributed by atoms with Gasteiger partial charge in [0.2, 0.25) is 0 Å². The van der Waals surface area contributed by atoms with Crippen LogP contribution in [0, 0.1) is 5.92 Å². The number of nitrogens with zero attached hydrogens (tertiary/aromatic N) is 1. The van der Waals surface area contributed by atoms with Crippen molar-refractivity contribution < 1.29 is 4.79 Å². The van der Waals surface area contributed by atoms with Crippen molar-refractivity contribution >= 4 is 16.8 Å². The first kappa shape index (κ1) is 10.8. The molecule has 4 nitrogen and oxygen atoms in total. The smallest absolute Gasteiger partial charge is 0.163 e. The van der Waals surface area contributed by atoms with Gasteiger partial charge in [0.05, 0.1) is 17.4 Å². The predicted molar refractivity (Wildman–Crippen MR) is 63.3 cm³/mol. The van der Waals surface area contributed by atoms with Crippen molar-refractivity contribution in [3.8, 4) is 0 Å². The Morgan fingerprint density at radius 3 is 3.12 bits per heavy atom. The van der Waals surface area contributed by atoms with Crippen molar-refractivity contribution in [3.63, 3.8) is 0 Å². The molecule has 16 heavy (non-hydrogen) atoms. The Morgan fingerprint density at radius 2 is 2.38 bits per heavy atom. The highest BCUT2D eigenvalue weighted by Crippen LogP contribution is 2.14. The van der Waals surface area contributed by atoms with Crippen LogP contribution in [-0.2, 0) is 0 Å². The number of carbonyl (C=O) groups is 1. The lowest BCUT2D eigenvalue weighted by molar-refractivity contribution is 0.0966. The zero-order valence-electron chi connectivity index (χ0n) is 9.23. The first-order valence-electron chi connectivity index (χ1n) is 5.37. The fourth-order valence-electron chi connectivity index (χ4n) is 1.63. The normalized spacial score (nSPS) is 12.9. The van der Waals surface area contributed by atoms with Crippen LogP contribution in [0.15, 0.2) is 24.5 Å². The van der Waals surface area contributed by atoms with Crippen LogP contribution in [0.5, 0.6) is 0 Å². The fourth-order valence-corrected chi connectivity index (χ4v) is 1.63. The number of H-pyrrole nitrogens is 1. The van der Waals surface area contributed by atoms with E-state index in [9.17, 15) is 4.79 Å². The topological polar surface area (TPSA) is 71.8 Å². The molecule has 1 atom stereocenters. The lowest BCUT2D eigenvalue weighted by Gasteiger charge is -2.06. The van der Waals surface area contributed by atoms with Gasteiger partial charge in [0.1, 0.15) is 0 Å². The quantitative estimate of drug-likeness (QED) is 0.766. The summed E-state index contributed by atoms with van der Waals surface area (Å²) in [5.74, 6) is 0.361. The van der Waals surface area contributed by atoms with Gasteiger partial charge in [-0.1, -0.05) is 6.92 Å². The van der Waals surface area contributed by atoms with Crippen LogP contribution in [0.2, 0.25) is 0 Å². The average molecular weight is 217 g/mol. The number of Topliss-reactive ketones (excluding diaryl/α,β-unsaturated/α-hetero) is 1. The van der Waals surface area contributed by atoms with Gasteiger partial charge in [-0.25, -0.2) is 4.98 Å². The number of ketones is 1. The number of hydrogen-bond acceptors (Lipinski definition) is 3. The van der Waals surface area contributed by atoms with Gasteiger partial charge in [0.25, 0.3) is 0 Å². The van der Waals surface area contributed by atoms with Gasteiger partial charge in [-0.2, -0.15) is 0 Å². The maximum Gasteiger partial charge on any atom is 0.163 e. The number of fused-ring (bicyclic) bond motifs is 1. The van der Waals surface area contributed by atoms with Gasteiger partial charge in [0, 0.05) is 12.0 Å². The SMILES string of the molecule is CC(CN)CC(=O)c1ccc2nc[nH]c2c1. The van der Waals surface area contributed by atoms with Crippen LogP contribution in [-0.4, -0.2) is 22.3 Å². The van der Waals surface area contributed by atoms with E-state index >= 15 is 0 Å². The highest BCUT2D eigenvalue weighted by molar-refractivity contribution is 5.98. The number of aromatic nitrogens is 2. The zero-order chi connectivity index (χ0) is 11.5. The van der Waals surface area contributed by atoms with E-state index in [1.165, 1.54) is 0 Å². The minimum Gasteiger partial charge on any atom is -0.345 e.